The van der Waals surface area contributed by atoms with Crippen molar-refractivity contribution >= 4 is 5.97 Å². The zero-order chi connectivity index (χ0) is 14.0. The Labute approximate surface area is 112 Å². The molecule has 3 nitrogen and oxygen atoms in total. The molecule has 1 atom stereocenters. The van der Waals surface area contributed by atoms with Crippen LogP contribution in [0.15, 0.2) is 18.2 Å². The number of benzene rings is 1. The van der Waals surface area contributed by atoms with E-state index in [0.717, 1.165) is 19.3 Å². The van der Waals surface area contributed by atoms with Gasteiger partial charge in [0.15, 0.2) is 0 Å². The number of phenolic OH excluding ortho intramolecular Hbond substituents is 1. The van der Waals surface area contributed by atoms with Gasteiger partial charge in [0.25, 0.3) is 0 Å². The van der Waals surface area contributed by atoms with Crippen LogP contribution in [0.1, 0.15) is 56.3 Å². The van der Waals surface area contributed by atoms with E-state index >= 15 is 0 Å². The van der Waals surface area contributed by atoms with Gasteiger partial charge in [-0.05, 0) is 37.5 Å². The lowest BCUT2D eigenvalue weighted by atomic mass is 9.69. The summed E-state index contributed by atoms with van der Waals surface area (Å²) in [6.45, 7) is 1.34. The normalized spacial score (nSPS) is 19.9. The fourth-order valence-corrected chi connectivity index (χ4v) is 2.95. The molecule has 0 aliphatic heterocycles. The number of aliphatic carboxylic acids is 1. The Balaban J connectivity index is 2.48. The van der Waals surface area contributed by atoms with Crippen LogP contribution in [0.5, 0.6) is 5.75 Å². The monoisotopic (exact) mass is 266 g/mol. The summed E-state index contributed by atoms with van der Waals surface area (Å²) in [6, 6.07) is 4.53. The molecule has 0 bridgehead atoms. The van der Waals surface area contributed by atoms with E-state index in [1.165, 1.54) is 19.1 Å². The molecule has 0 amide bonds. The van der Waals surface area contributed by atoms with Crippen LogP contribution in [0.25, 0.3) is 0 Å². The van der Waals surface area contributed by atoms with Gasteiger partial charge in [-0.1, -0.05) is 25.3 Å². The van der Waals surface area contributed by atoms with Gasteiger partial charge in [0, 0.05) is 5.56 Å². The predicted molar refractivity (Wildman–Crippen MR) is 70.0 cm³/mol. The molecule has 1 unspecified atom stereocenters. The molecule has 19 heavy (non-hydrogen) atoms. The predicted octanol–water partition coefficient (Wildman–Crippen LogP) is 3.71. The average molecular weight is 266 g/mol. The van der Waals surface area contributed by atoms with E-state index in [-0.39, 0.29) is 11.3 Å². The maximum absolute atomic E-state index is 13.5. The molecule has 0 heterocycles. The van der Waals surface area contributed by atoms with Gasteiger partial charge in [-0.25, -0.2) is 4.39 Å². The molecule has 1 aromatic rings. The minimum atomic E-state index is -1.31. The third kappa shape index (κ3) is 2.44. The summed E-state index contributed by atoms with van der Waals surface area (Å²) in [6.07, 6.45) is 2.62. The number of halogens is 1. The lowest BCUT2D eigenvalue weighted by Crippen LogP contribution is -2.37. The van der Waals surface area contributed by atoms with Crippen molar-refractivity contribution in [1.29, 1.82) is 0 Å². The van der Waals surface area contributed by atoms with E-state index in [1.54, 1.807) is 6.07 Å². The lowest BCUT2D eigenvalue weighted by molar-refractivity contribution is -0.145. The Hall–Kier alpha value is -1.58. The van der Waals surface area contributed by atoms with Crippen LogP contribution >= 0.6 is 0 Å². The highest BCUT2D eigenvalue weighted by atomic mass is 19.1. The quantitative estimate of drug-likeness (QED) is 0.876. The van der Waals surface area contributed by atoms with Gasteiger partial charge in [-0.15, -0.1) is 0 Å². The fraction of sp³-hybridized carbons (Fsp3) is 0.533. The molecule has 2 rings (SSSR count). The summed E-state index contributed by atoms with van der Waals surface area (Å²) in [5.74, 6) is -0.967. The van der Waals surface area contributed by atoms with Crippen LogP contribution in [0.4, 0.5) is 4.39 Å². The lowest BCUT2D eigenvalue weighted by Gasteiger charge is -2.34. The molecular weight excluding hydrogens is 247 g/mol. The van der Waals surface area contributed by atoms with E-state index in [4.69, 9.17) is 0 Å². The highest BCUT2D eigenvalue weighted by Crippen LogP contribution is 2.42. The SMILES string of the molecule is CC(F)c1cc(C2(C(=O)O)CCCCC2)ccc1O. The Kier molecular flexibility index (Phi) is 3.78. The van der Waals surface area contributed by atoms with Crippen molar-refractivity contribution in [3.8, 4) is 5.75 Å². The van der Waals surface area contributed by atoms with Gasteiger partial charge in [-0.2, -0.15) is 0 Å². The first kappa shape index (κ1) is 13.8. The van der Waals surface area contributed by atoms with Crippen LogP contribution in [0.2, 0.25) is 0 Å². The average Bonchev–Trinajstić information content (AvgIpc) is 2.39. The summed E-state index contributed by atoms with van der Waals surface area (Å²) in [4.78, 5) is 11.7. The molecule has 1 fully saturated rings. The van der Waals surface area contributed by atoms with Crippen LogP contribution in [-0.2, 0) is 10.2 Å². The van der Waals surface area contributed by atoms with Crippen LogP contribution in [0.3, 0.4) is 0 Å². The second kappa shape index (κ2) is 5.19. The maximum Gasteiger partial charge on any atom is 0.314 e. The molecule has 1 aromatic carbocycles. The first-order chi connectivity index (χ1) is 8.97. The van der Waals surface area contributed by atoms with Crippen molar-refractivity contribution in [3.05, 3.63) is 29.3 Å². The van der Waals surface area contributed by atoms with Gasteiger partial charge in [-0.3, -0.25) is 4.79 Å². The van der Waals surface area contributed by atoms with E-state index in [1.807, 2.05) is 0 Å². The summed E-state index contributed by atoms with van der Waals surface area (Å²) >= 11 is 0. The zero-order valence-electron chi connectivity index (χ0n) is 11.0. The topological polar surface area (TPSA) is 57.5 Å². The molecule has 1 aliphatic carbocycles. The minimum Gasteiger partial charge on any atom is -0.508 e. The minimum absolute atomic E-state index is 0.116. The van der Waals surface area contributed by atoms with E-state index in [0.29, 0.717) is 18.4 Å². The van der Waals surface area contributed by atoms with Gasteiger partial charge in [0.05, 0.1) is 5.41 Å². The summed E-state index contributed by atoms with van der Waals surface area (Å²) in [7, 11) is 0. The van der Waals surface area contributed by atoms with Gasteiger partial charge in [0.1, 0.15) is 11.9 Å². The molecule has 1 aliphatic rings. The number of hydrogen-bond donors (Lipinski definition) is 2. The maximum atomic E-state index is 13.5. The smallest absolute Gasteiger partial charge is 0.314 e. The standard InChI is InChI=1S/C15H19FO3/c1-10(16)12-9-11(5-6-13(12)17)15(14(18)19)7-3-2-4-8-15/h5-6,9-10,17H,2-4,7-8H2,1H3,(H,18,19). The fourth-order valence-electron chi connectivity index (χ4n) is 2.95. The number of aromatic hydroxyl groups is 1. The number of hydrogen-bond acceptors (Lipinski definition) is 2. The third-order valence-corrected chi connectivity index (χ3v) is 4.13. The number of alkyl halides is 1. The zero-order valence-corrected chi connectivity index (χ0v) is 11.0. The van der Waals surface area contributed by atoms with Crippen molar-refractivity contribution in [2.45, 2.75) is 50.6 Å². The summed E-state index contributed by atoms with van der Waals surface area (Å²) in [5.41, 5.74) is -0.143. The first-order valence-corrected chi connectivity index (χ1v) is 6.68. The Morgan fingerprint density at radius 2 is 1.95 bits per heavy atom. The molecule has 0 radical (unpaired) electrons. The number of carboxylic acids is 1. The number of carboxylic acid groups (broad SMARTS) is 1. The van der Waals surface area contributed by atoms with Crippen molar-refractivity contribution in [3.63, 3.8) is 0 Å². The van der Waals surface area contributed by atoms with Crippen molar-refractivity contribution < 1.29 is 19.4 Å². The molecule has 4 heteroatoms. The molecule has 1 saturated carbocycles. The molecule has 104 valence electrons. The van der Waals surface area contributed by atoms with Crippen molar-refractivity contribution in [2.75, 3.05) is 0 Å². The van der Waals surface area contributed by atoms with Gasteiger partial charge in [0.2, 0.25) is 0 Å². The van der Waals surface area contributed by atoms with Crippen LogP contribution < -0.4 is 0 Å². The number of phenols is 1. The molecule has 0 aromatic heterocycles. The van der Waals surface area contributed by atoms with Crippen molar-refractivity contribution in [1.82, 2.24) is 0 Å². The Bertz CT molecular complexity index is 476. The Morgan fingerprint density at radius 3 is 2.47 bits per heavy atom. The summed E-state index contributed by atoms with van der Waals surface area (Å²) < 4.78 is 13.5. The highest BCUT2D eigenvalue weighted by molar-refractivity contribution is 5.81. The highest BCUT2D eigenvalue weighted by Gasteiger charge is 2.41. The summed E-state index contributed by atoms with van der Waals surface area (Å²) in [5, 5.41) is 19.2. The van der Waals surface area contributed by atoms with Gasteiger partial charge >= 0.3 is 5.97 Å². The molecule has 0 spiro atoms. The van der Waals surface area contributed by atoms with Crippen LogP contribution in [-0.4, -0.2) is 16.2 Å². The number of rotatable bonds is 3. The molecule has 0 saturated heterocycles. The number of carbonyl (C=O) groups is 1. The molecule has 2 N–H and O–H groups in total. The van der Waals surface area contributed by atoms with Crippen LogP contribution in [0, 0.1) is 0 Å². The third-order valence-electron chi connectivity index (χ3n) is 4.13. The van der Waals surface area contributed by atoms with Gasteiger partial charge < -0.3 is 10.2 Å². The van der Waals surface area contributed by atoms with E-state index in [9.17, 15) is 19.4 Å². The second-order valence-corrected chi connectivity index (χ2v) is 5.34. The van der Waals surface area contributed by atoms with E-state index < -0.39 is 17.6 Å². The van der Waals surface area contributed by atoms with Crippen molar-refractivity contribution in [2.24, 2.45) is 0 Å². The van der Waals surface area contributed by atoms with E-state index in [2.05, 4.69) is 0 Å². The first-order valence-electron chi connectivity index (χ1n) is 6.68. The second-order valence-electron chi connectivity index (χ2n) is 5.34. The Morgan fingerprint density at radius 1 is 1.32 bits per heavy atom. The largest absolute Gasteiger partial charge is 0.508 e. The molecular formula is C15H19FO3.